The molecule has 0 aliphatic rings. The van der Waals surface area contributed by atoms with Gasteiger partial charge in [0.15, 0.2) is 0 Å². The number of carboxylic acids is 1. The van der Waals surface area contributed by atoms with Crippen LogP contribution in [0.2, 0.25) is 0 Å². The van der Waals surface area contributed by atoms with E-state index in [9.17, 15) is 4.79 Å². The Hall–Kier alpha value is -2.34. The fraction of sp³-hybridized carbons (Fsp3) is 0.231. The molecule has 0 aliphatic carbocycles. The van der Waals surface area contributed by atoms with E-state index in [4.69, 9.17) is 5.11 Å². The SMILES string of the molecule is Cc1nccc(CNCc2ccc(C(=O)O)cn2)n1. The Morgan fingerprint density at radius 3 is 2.63 bits per heavy atom. The summed E-state index contributed by atoms with van der Waals surface area (Å²) in [6, 6.07) is 5.09. The molecule has 2 rings (SSSR count). The van der Waals surface area contributed by atoms with Gasteiger partial charge in [0, 0.05) is 25.5 Å². The zero-order chi connectivity index (χ0) is 13.7. The number of hydrogen-bond acceptors (Lipinski definition) is 5. The smallest absolute Gasteiger partial charge is 0.337 e. The predicted molar refractivity (Wildman–Crippen MR) is 68.5 cm³/mol. The van der Waals surface area contributed by atoms with Crippen molar-refractivity contribution in [1.29, 1.82) is 0 Å². The van der Waals surface area contributed by atoms with Crippen molar-refractivity contribution in [2.75, 3.05) is 0 Å². The van der Waals surface area contributed by atoms with Crippen molar-refractivity contribution in [3.8, 4) is 0 Å². The number of carbonyl (C=O) groups is 1. The maximum atomic E-state index is 10.7. The number of aromatic carboxylic acids is 1. The first-order valence-electron chi connectivity index (χ1n) is 5.82. The minimum absolute atomic E-state index is 0.190. The highest BCUT2D eigenvalue weighted by Gasteiger charge is 2.03. The van der Waals surface area contributed by atoms with Crippen LogP contribution in [-0.4, -0.2) is 26.0 Å². The first-order valence-corrected chi connectivity index (χ1v) is 5.82. The Morgan fingerprint density at radius 1 is 1.21 bits per heavy atom. The second-order valence-corrected chi connectivity index (χ2v) is 4.04. The number of carboxylic acid groups (broad SMARTS) is 1. The third kappa shape index (κ3) is 3.82. The lowest BCUT2D eigenvalue weighted by Gasteiger charge is -2.04. The molecule has 0 unspecified atom stereocenters. The molecule has 0 radical (unpaired) electrons. The molecule has 2 heterocycles. The van der Waals surface area contributed by atoms with Crippen LogP contribution < -0.4 is 5.32 Å². The fourth-order valence-electron chi connectivity index (χ4n) is 1.58. The van der Waals surface area contributed by atoms with E-state index in [1.807, 2.05) is 13.0 Å². The van der Waals surface area contributed by atoms with Gasteiger partial charge in [-0.3, -0.25) is 4.98 Å². The highest BCUT2D eigenvalue weighted by atomic mass is 16.4. The van der Waals surface area contributed by atoms with Crippen LogP contribution in [0.25, 0.3) is 0 Å². The van der Waals surface area contributed by atoms with Gasteiger partial charge in [-0.15, -0.1) is 0 Å². The van der Waals surface area contributed by atoms with Crippen LogP contribution >= 0.6 is 0 Å². The average Bonchev–Trinajstić information content (AvgIpc) is 2.39. The van der Waals surface area contributed by atoms with Gasteiger partial charge in [0.05, 0.1) is 17.0 Å². The van der Waals surface area contributed by atoms with Gasteiger partial charge < -0.3 is 10.4 Å². The molecule has 0 spiro atoms. The molecule has 0 bridgehead atoms. The quantitative estimate of drug-likeness (QED) is 0.837. The van der Waals surface area contributed by atoms with Crippen LogP contribution in [0.4, 0.5) is 0 Å². The van der Waals surface area contributed by atoms with Gasteiger partial charge in [0.1, 0.15) is 5.82 Å². The predicted octanol–water partition coefficient (Wildman–Crippen LogP) is 1.17. The largest absolute Gasteiger partial charge is 0.478 e. The van der Waals surface area contributed by atoms with Crippen molar-refractivity contribution in [2.24, 2.45) is 0 Å². The van der Waals surface area contributed by atoms with Gasteiger partial charge in [-0.05, 0) is 25.1 Å². The van der Waals surface area contributed by atoms with Crippen LogP contribution in [0.5, 0.6) is 0 Å². The molecule has 2 aromatic heterocycles. The van der Waals surface area contributed by atoms with E-state index < -0.39 is 5.97 Å². The monoisotopic (exact) mass is 258 g/mol. The molecule has 98 valence electrons. The molecule has 6 heteroatoms. The summed E-state index contributed by atoms with van der Waals surface area (Å²) in [5, 5.41) is 12.0. The van der Waals surface area contributed by atoms with Crippen molar-refractivity contribution in [1.82, 2.24) is 20.3 Å². The lowest BCUT2D eigenvalue weighted by molar-refractivity contribution is 0.0696. The zero-order valence-corrected chi connectivity index (χ0v) is 10.5. The number of rotatable bonds is 5. The van der Waals surface area contributed by atoms with Crippen LogP contribution in [0.3, 0.4) is 0 Å². The van der Waals surface area contributed by atoms with Gasteiger partial charge in [0.25, 0.3) is 0 Å². The minimum atomic E-state index is -0.969. The van der Waals surface area contributed by atoms with Crippen molar-refractivity contribution >= 4 is 5.97 Å². The maximum absolute atomic E-state index is 10.7. The molecule has 6 nitrogen and oxygen atoms in total. The second kappa shape index (κ2) is 6.01. The number of hydrogen-bond donors (Lipinski definition) is 2. The third-order valence-electron chi connectivity index (χ3n) is 2.52. The summed E-state index contributed by atoms with van der Waals surface area (Å²) in [6.45, 7) is 3.02. The van der Waals surface area contributed by atoms with E-state index in [-0.39, 0.29) is 5.56 Å². The van der Waals surface area contributed by atoms with Crippen LogP contribution in [-0.2, 0) is 13.1 Å². The Morgan fingerprint density at radius 2 is 2.00 bits per heavy atom. The van der Waals surface area contributed by atoms with E-state index in [1.54, 1.807) is 18.3 Å². The fourth-order valence-corrected chi connectivity index (χ4v) is 1.58. The minimum Gasteiger partial charge on any atom is -0.478 e. The molecule has 2 aromatic rings. The summed E-state index contributed by atoms with van der Waals surface area (Å²) in [5.74, 6) is -0.230. The van der Waals surface area contributed by atoms with Gasteiger partial charge in [-0.2, -0.15) is 0 Å². The van der Waals surface area contributed by atoms with Crippen molar-refractivity contribution < 1.29 is 9.90 Å². The molecule has 0 saturated carbocycles. The number of aryl methyl sites for hydroxylation is 1. The lowest BCUT2D eigenvalue weighted by Crippen LogP contribution is -2.15. The summed E-state index contributed by atoms with van der Waals surface area (Å²) in [5.41, 5.74) is 1.89. The standard InChI is InChI=1S/C13H14N4O2/c1-9-15-5-4-12(17-9)8-14-7-11-3-2-10(6-16-11)13(18)19/h2-6,14H,7-8H2,1H3,(H,18,19). The molecule has 0 atom stereocenters. The Labute approximate surface area is 110 Å². The lowest BCUT2D eigenvalue weighted by atomic mass is 10.2. The van der Waals surface area contributed by atoms with E-state index in [0.717, 1.165) is 17.2 Å². The molecule has 0 fully saturated rings. The van der Waals surface area contributed by atoms with E-state index in [1.165, 1.54) is 6.20 Å². The second-order valence-electron chi connectivity index (χ2n) is 4.04. The van der Waals surface area contributed by atoms with Crippen LogP contribution in [0.1, 0.15) is 27.6 Å². The Balaban J connectivity index is 1.87. The summed E-state index contributed by atoms with van der Waals surface area (Å²) in [6.07, 6.45) is 3.08. The van der Waals surface area contributed by atoms with Crippen molar-refractivity contribution in [2.45, 2.75) is 20.0 Å². The van der Waals surface area contributed by atoms with Gasteiger partial charge in [-0.25, -0.2) is 14.8 Å². The third-order valence-corrected chi connectivity index (χ3v) is 2.52. The number of nitrogens with one attached hydrogen (secondary N) is 1. The normalized spacial score (nSPS) is 10.4. The average molecular weight is 258 g/mol. The Kier molecular flexibility index (Phi) is 4.15. The first kappa shape index (κ1) is 13.1. The number of aromatic nitrogens is 3. The molecule has 0 amide bonds. The van der Waals surface area contributed by atoms with Gasteiger partial charge >= 0.3 is 5.97 Å². The summed E-state index contributed by atoms with van der Waals surface area (Å²) < 4.78 is 0. The van der Waals surface area contributed by atoms with Crippen molar-refractivity contribution in [3.63, 3.8) is 0 Å². The van der Waals surface area contributed by atoms with Crippen LogP contribution in [0, 0.1) is 6.92 Å². The number of pyridine rings is 1. The topological polar surface area (TPSA) is 88.0 Å². The molecule has 19 heavy (non-hydrogen) atoms. The Bertz CT molecular complexity index is 569. The molecule has 0 aliphatic heterocycles. The molecular weight excluding hydrogens is 244 g/mol. The van der Waals surface area contributed by atoms with E-state index in [2.05, 4.69) is 20.3 Å². The van der Waals surface area contributed by atoms with E-state index in [0.29, 0.717) is 13.1 Å². The highest BCUT2D eigenvalue weighted by molar-refractivity contribution is 5.87. The molecule has 2 N–H and O–H groups in total. The maximum Gasteiger partial charge on any atom is 0.337 e. The van der Waals surface area contributed by atoms with Gasteiger partial charge in [-0.1, -0.05) is 0 Å². The van der Waals surface area contributed by atoms with E-state index >= 15 is 0 Å². The molecule has 0 saturated heterocycles. The molecular formula is C13H14N4O2. The van der Waals surface area contributed by atoms with Crippen LogP contribution in [0.15, 0.2) is 30.6 Å². The first-order chi connectivity index (χ1) is 9.15. The summed E-state index contributed by atoms with van der Waals surface area (Å²) in [7, 11) is 0. The highest BCUT2D eigenvalue weighted by Crippen LogP contribution is 2.01. The van der Waals surface area contributed by atoms with Gasteiger partial charge in [0.2, 0.25) is 0 Å². The van der Waals surface area contributed by atoms with Crippen molar-refractivity contribution in [3.05, 3.63) is 53.4 Å². The zero-order valence-electron chi connectivity index (χ0n) is 10.5. The number of nitrogens with zero attached hydrogens (tertiary/aromatic N) is 3. The summed E-state index contributed by atoms with van der Waals surface area (Å²) in [4.78, 5) is 23.0. The molecule has 0 aromatic carbocycles. The summed E-state index contributed by atoms with van der Waals surface area (Å²) >= 11 is 0.